The van der Waals surface area contributed by atoms with Crippen molar-refractivity contribution < 1.29 is 9.53 Å². The number of rotatable bonds is 7. The second-order valence-corrected chi connectivity index (χ2v) is 6.89. The lowest BCUT2D eigenvalue weighted by Gasteiger charge is -2.16. The first kappa shape index (κ1) is 19.4. The molecule has 0 saturated heterocycles. The Labute approximate surface area is 165 Å². The number of carbonyl (C=O) groups is 1. The molecule has 0 aliphatic heterocycles. The fourth-order valence-electron chi connectivity index (χ4n) is 3.00. The van der Waals surface area contributed by atoms with Gasteiger partial charge in [0.15, 0.2) is 0 Å². The Morgan fingerprint density at radius 3 is 2.71 bits per heavy atom. The van der Waals surface area contributed by atoms with Gasteiger partial charge in [0.2, 0.25) is 0 Å². The minimum absolute atomic E-state index is 0.155. The van der Waals surface area contributed by atoms with Crippen molar-refractivity contribution in [2.45, 2.75) is 33.6 Å². The number of para-hydroxylation sites is 2. The zero-order valence-corrected chi connectivity index (χ0v) is 16.4. The van der Waals surface area contributed by atoms with Crippen LogP contribution >= 0.6 is 0 Å². The van der Waals surface area contributed by atoms with Gasteiger partial charge in [-0.05, 0) is 62.6 Å². The molecule has 3 rings (SSSR count). The molecule has 0 saturated carbocycles. The number of fused-ring (bicyclic) bond motifs is 1. The van der Waals surface area contributed by atoms with Crippen LogP contribution in [-0.2, 0) is 4.79 Å². The Balaban J connectivity index is 1.96. The second kappa shape index (κ2) is 8.53. The highest BCUT2D eigenvalue weighted by Crippen LogP contribution is 2.34. The molecule has 2 aromatic carbocycles. The van der Waals surface area contributed by atoms with Crippen LogP contribution in [0.25, 0.3) is 10.9 Å². The predicted octanol–water partition coefficient (Wildman–Crippen LogP) is 5.21. The number of carbonyl (C=O) groups excluding carboxylic acids is 1. The van der Waals surface area contributed by atoms with E-state index in [4.69, 9.17) is 4.74 Å². The lowest BCUT2D eigenvalue weighted by atomic mass is 10.0. The molecule has 5 nitrogen and oxygen atoms in total. The minimum Gasteiger partial charge on any atom is -0.491 e. The quantitative estimate of drug-likeness (QED) is 0.575. The number of Topliss-reactive ketones (excluding diaryl/α,β-unsaturated/α-hetero) is 1. The normalized spacial score (nSPS) is 10.5. The molecule has 1 N–H and O–H groups in total. The van der Waals surface area contributed by atoms with E-state index >= 15 is 0 Å². The van der Waals surface area contributed by atoms with E-state index in [1.165, 1.54) is 0 Å². The van der Waals surface area contributed by atoms with Crippen molar-refractivity contribution in [2.75, 3.05) is 11.9 Å². The van der Waals surface area contributed by atoms with E-state index in [9.17, 15) is 10.1 Å². The summed E-state index contributed by atoms with van der Waals surface area (Å²) >= 11 is 0. The number of nitrogens with zero attached hydrogens (tertiary/aromatic N) is 2. The third-order valence-corrected chi connectivity index (χ3v) is 4.68. The smallest absolute Gasteiger partial charge is 0.142 e. The first-order valence-electron chi connectivity index (χ1n) is 9.28. The summed E-state index contributed by atoms with van der Waals surface area (Å²) in [4.78, 5) is 15.5. The lowest BCUT2D eigenvalue weighted by molar-refractivity contribution is -0.117. The van der Waals surface area contributed by atoms with Gasteiger partial charge >= 0.3 is 0 Å². The number of nitrogens with one attached hydrogen (secondary N) is 1. The molecule has 0 unspecified atom stereocenters. The molecule has 0 bridgehead atoms. The Bertz CT molecular complexity index is 1070. The Kier molecular flexibility index (Phi) is 5.90. The Hall–Kier alpha value is -3.39. The molecule has 28 heavy (non-hydrogen) atoms. The molecule has 5 heteroatoms. The van der Waals surface area contributed by atoms with Crippen LogP contribution in [0.2, 0.25) is 0 Å². The van der Waals surface area contributed by atoms with Crippen molar-refractivity contribution in [1.29, 1.82) is 5.26 Å². The van der Waals surface area contributed by atoms with E-state index in [0.717, 1.165) is 33.4 Å². The van der Waals surface area contributed by atoms with Gasteiger partial charge in [0.1, 0.15) is 17.6 Å². The van der Waals surface area contributed by atoms with Gasteiger partial charge in [-0.15, -0.1) is 0 Å². The summed E-state index contributed by atoms with van der Waals surface area (Å²) in [6, 6.07) is 13.9. The minimum atomic E-state index is 0.155. The topological polar surface area (TPSA) is 75.0 Å². The molecule has 0 radical (unpaired) electrons. The summed E-state index contributed by atoms with van der Waals surface area (Å²) in [7, 11) is 0. The van der Waals surface area contributed by atoms with Crippen LogP contribution < -0.4 is 10.1 Å². The number of hydrogen-bond acceptors (Lipinski definition) is 5. The van der Waals surface area contributed by atoms with Crippen LogP contribution in [-0.4, -0.2) is 17.4 Å². The van der Waals surface area contributed by atoms with Crippen molar-refractivity contribution in [3.8, 4) is 11.8 Å². The van der Waals surface area contributed by atoms with Gasteiger partial charge in [-0.3, -0.25) is 4.98 Å². The largest absolute Gasteiger partial charge is 0.491 e. The second-order valence-electron chi connectivity index (χ2n) is 6.89. The van der Waals surface area contributed by atoms with Crippen molar-refractivity contribution in [2.24, 2.45) is 0 Å². The average Bonchev–Trinajstić information content (AvgIpc) is 2.67. The number of ketones is 1. The van der Waals surface area contributed by atoms with E-state index in [1.807, 2.05) is 44.2 Å². The van der Waals surface area contributed by atoms with Crippen molar-refractivity contribution >= 4 is 28.1 Å². The molecule has 0 amide bonds. The summed E-state index contributed by atoms with van der Waals surface area (Å²) in [5.41, 5.74) is 5.10. The van der Waals surface area contributed by atoms with Crippen LogP contribution in [0, 0.1) is 25.2 Å². The summed E-state index contributed by atoms with van der Waals surface area (Å²) in [6.45, 7) is 6.13. The van der Waals surface area contributed by atoms with Gasteiger partial charge in [-0.25, -0.2) is 0 Å². The molecule has 142 valence electrons. The van der Waals surface area contributed by atoms with E-state index in [-0.39, 0.29) is 5.78 Å². The number of pyridine rings is 1. The van der Waals surface area contributed by atoms with E-state index in [2.05, 4.69) is 22.4 Å². The molecule has 0 aliphatic carbocycles. The van der Waals surface area contributed by atoms with Crippen molar-refractivity contribution in [3.63, 3.8) is 0 Å². The summed E-state index contributed by atoms with van der Waals surface area (Å²) in [5, 5.41) is 13.9. The monoisotopic (exact) mass is 373 g/mol. The van der Waals surface area contributed by atoms with Gasteiger partial charge in [0, 0.05) is 18.0 Å². The summed E-state index contributed by atoms with van der Waals surface area (Å²) < 4.78 is 5.87. The maximum absolute atomic E-state index is 11.1. The van der Waals surface area contributed by atoms with E-state index in [1.54, 1.807) is 13.1 Å². The lowest BCUT2D eigenvalue weighted by Crippen LogP contribution is -2.04. The fourth-order valence-corrected chi connectivity index (χ4v) is 3.00. The van der Waals surface area contributed by atoms with Crippen LogP contribution in [0.15, 0.2) is 42.6 Å². The Morgan fingerprint density at radius 1 is 1.21 bits per heavy atom. The molecule has 0 aliphatic rings. The standard InChI is InChI=1S/C23H23N3O2/c1-15-11-19-21(12-16(15)2)25-14-18(13-24)23(19)26-20-8-4-5-9-22(20)28-10-6-7-17(3)27/h4-5,8-9,11-12,14H,6-7,10H2,1-3H3,(H,25,26). The molecule has 0 atom stereocenters. The number of benzene rings is 2. The van der Waals surface area contributed by atoms with Gasteiger partial charge in [-0.2, -0.15) is 5.26 Å². The van der Waals surface area contributed by atoms with E-state index in [0.29, 0.717) is 30.8 Å². The Morgan fingerprint density at radius 2 is 1.96 bits per heavy atom. The first-order valence-corrected chi connectivity index (χ1v) is 9.28. The highest BCUT2D eigenvalue weighted by molar-refractivity contribution is 5.97. The zero-order chi connectivity index (χ0) is 20.1. The van der Waals surface area contributed by atoms with Crippen molar-refractivity contribution in [1.82, 2.24) is 4.98 Å². The van der Waals surface area contributed by atoms with Crippen LogP contribution in [0.4, 0.5) is 11.4 Å². The van der Waals surface area contributed by atoms with Crippen LogP contribution in [0.3, 0.4) is 0 Å². The summed E-state index contributed by atoms with van der Waals surface area (Å²) in [5.74, 6) is 0.839. The fraction of sp³-hybridized carbons (Fsp3) is 0.261. The SMILES string of the molecule is CC(=O)CCCOc1ccccc1Nc1c(C#N)cnc2cc(C)c(C)cc12. The number of anilines is 2. The van der Waals surface area contributed by atoms with Crippen LogP contribution in [0.1, 0.15) is 36.5 Å². The highest BCUT2D eigenvalue weighted by atomic mass is 16.5. The molecule has 0 fully saturated rings. The highest BCUT2D eigenvalue weighted by Gasteiger charge is 2.13. The predicted molar refractivity (Wildman–Crippen MR) is 111 cm³/mol. The number of ether oxygens (including phenoxy) is 1. The van der Waals surface area contributed by atoms with Gasteiger partial charge < -0.3 is 14.8 Å². The third-order valence-electron chi connectivity index (χ3n) is 4.68. The number of aryl methyl sites for hydroxylation is 2. The van der Waals surface area contributed by atoms with Gasteiger partial charge in [0.25, 0.3) is 0 Å². The average molecular weight is 373 g/mol. The molecule has 1 heterocycles. The maximum atomic E-state index is 11.1. The number of nitriles is 1. The molecule has 1 aromatic heterocycles. The number of hydrogen-bond donors (Lipinski definition) is 1. The molecule has 0 spiro atoms. The third kappa shape index (κ3) is 4.29. The van der Waals surface area contributed by atoms with Crippen LogP contribution in [0.5, 0.6) is 5.75 Å². The van der Waals surface area contributed by atoms with Gasteiger partial charge in [-0.1, -0.05) is 12.1 Å². The van der Waals surface area contributed by atoms with Gasteiger partial charge in [0.05, 0.1) is 29.1 Å². The molecular weight excluding hydrogens is 350 g/mol. The van der Waals surface area contributed by atoms with E-state index < -0.39 is 0 Å². The molecule has 3 aromatic rings. The molecular formula is C23H23N3O2. The summed E-state index contributed by atoms with van der Waals surface area (Å²) in [6.07, 6.45) is 2.77. The number of aromatic nitrogens is 1. The first-order chi connectivity index (χ1) is 13.5. The maximum Gasteiger partial charge on any atom is 0.142 e. The van der Waals surface area contributed by atoms with Crippen molar-refractivity contribution in [3.05, 3.63) is 59.3 Å². The zero-order valence-electron chi connectivity index (χ0n) is 16.4.